The van der Waals surface area contributed by atoms with Gasteiger partial charge in [0.25, 0.3) is 0 Å². The Morgan fingerprint density at radius 3 is 2.90 bits per heavy atom. The van der Waals surface area contributed by atoms with Crippen LogP contribution in [-0.4, -0.2) is 6.61 Å². The number of hydrogen-bond acceptors (Lipinski definition) is 2. The molecule has 1 aliphatic rings. The first-order chi connectivity index (χ1) is 9.66. The van der Waals surface area contributed by atoms with Crippen molar-refractivity contribution in [3.05, 3.63) is 63.9 Å². The van der Waals surface area contributed by atoms with Gasteiger partial charge in [-0.3, -0.25) is 0 Å². The first-order valence-corrected chi connectivity index (χ1v) is 7.00. The first kappa shape index (κ1) is 13.4. The van der Waals surface area contributed by atoms with E-state index in [4.69, 9.17) is 22.1 Å². The molecule has 2 aromatic rings. The van der Waals surface area contributed by atoms with E-state index in [0.717, 1.165) is 29.7 Å². The van der Waals surface area contributed by atoms with Gasteiger partial charge in [-0.15, -0.1) is 0 Å². The van der Waals surface area contributed by atoms with Crippen molar-refractivity contribution in [1.29, 1.82) is 0 Å². The number of aryl methyl sites for hydroxylation is 1. The van der Waals surface area contributed by atoms with Crippen molar-refractivity contribution >= 4 is 11.6 Å². The lowest BCUT2D eigenvalue weighted by Gasteiger charge is -2.23. The van der Waals surface area contributed by atoms with Crippen LogP contribution in [0, 0.1) is 5.82 Å². The standard InChI is InChI=1S/C16H15ClFNO/c17-11-6-7-14(18)13(9-11)15(19)12-5-1-3-10-4-2-8-20-16(10)12/h1,3,5-7,9,15H,2,4,8,19H2. The van der Waals surface area contributed by atoms with Crippen molar-refractivity contribution in [1.82, 2.24) is 0 Å². The van der Waals surface area contributed by atoms with Gasteiger partial charge in [0, 0.05) is 16.1 Å². The summed E-state index contributed by atoms with van der Waals surface area (Å²) in [4.78, 5) is 0. The fourth-order valence-electron chi connectivity index (χ4n) is 2.58. The second kappa shape index (κ2) is 5.43. The monoisotopic (exact) mass is 291 g/mol. The van der Waals surface area contributed by atoms with Crippen LogP contribution in [0.1, 0.15) is 29.2 Å². The SMILES string of the molecule is NC(c1cc(Cl)ccc1F)c1cccc2c1OCCC2. The predicted molar refractivity (Wildman–Crippen MR) is 77.7 cm³/mol. The van der Waals surface area contributed by atoms with Crippen LogP contribution in [0.2, 0.25) is 5.02 Å². The van der Waals surface area contributed by atoms with Crippen molar-refractivity contribution in [2.75, 3.05) is 6.61 Å². The second-order valence-corrected chi connectivity index (χ2v) is 5.37. The minimum absolute atomic E-state index is 0.352. The third kappa shape index (κ3) is 2.39. The molecule has 0 saturated heterocycles. The molecule has 1 aliphatic heterocycles. The lowest BCUT2D eigenvalue weighted by Crippen LogP contribution is -2.18. The van der Waals surface area contributed by atoms with Crippen LogP contribution in [0.15, 0.2) is 36.4 Å². The van der Waals surface area contributed by atoms with Crippen LogP contribution in [0.4, 0.5) is 4.39 Å². The Balaban J connectivity index is 2.06. The van der Waals surface area contributed by atoms with Gasteiger partial charge in [-0.25, -0.2) is 4.39 Å². The van der Waals surface area contributed by atoms with Crippen molar-refractivity contribution in [3.8, 4) is 5.75 Å². The van der Waals surface area contributed by atoms with E-state index < -0.39 is 6.04 Å². The van der Waals surface area contributed by atoms with E-state index in [0.29, 0.717) is 17.2 Å². The normalized spacial score (nSPS) is 15.3. The van der Waals surface area contributed by atoms with Gasteiger partial charge in [0.05, 0.1) is 12.6 Å². The van der Waals surface area contributed by atoms with Gasteiger partial charge in [-0.05, 0) is 36.6 Å². The minimum Gasteiger partial charge on any atom is -0.493 e. The number of rotatable bonds is 2. The van der Waals surface area contributed by atoms with Crippen LogP contribution in [-0.2, 0) is 6.42 Å². The zero-order valence-corrected chi connectivity index (χ0v) is 11.7. The number of nitrogens with two attached hydrogens (primary N) is 1. The molecule has 104 valence electrons. The van der Waals surface area contributed by atoms with Gasteiger partial charge in [0.15, 0.2) is 0 Å². The molecule has 1 unspecified atom stereocenters. The van der Waals surface area contributed by atoms with Crippen LogP contribution < -0.4 is 10.5 Å². The van der Waals surface area contributed by atoms with Crippen molar-refractivity contribution < 1.29 is 9.13 Å². The number of halogens is 2. The topological polar surface area (TPSA) is 35.2 Å². The second-order valence-electron chi connectivity index (χ2n) is 4.93. The molecular formula is C16H15ClFNO. The number of fused-ring (bicyclic) bond motifs is 1. The Morgan fingerprint density at radius 2 is 2.05 bits per heavy atom. The van der Waals surface area contributed by atoms with E-state index in [1.54, 1.807) is 6.07 Å². The molecular weight excluding hydrogens is 277 g/mol. The maximum absolute atomic E-state index is 14.0. The van der Waals surface area contributed by atoms with E-state index in [1.807, 2.05) is 18.2 Å². The van der Waals surface area contributed by atoms with Crippen molar-refractivity contribution in [2.45, 2.75) is 18.9 Å². The van der Waals surface area contributed by atoms with Crippen LogP contribution >= 0.6 is 11.6 Å². The predicted octanol–water partition coefficient (Wildman–Crippen LogP) is 3.85. The first-order valence-electron chi connectivity index (χ1n) is 6.62. The lowest BCUT2D eigenvalue weighted by atomic mass is 9.94. The minimum atomic E-state index is -0.582. The molecule has 20 heavy (non-hydrogen) atoms. The molecule has 0 aromatic heterocycles. The molecule has 0 bridgehead atoms. The molecule has 2 N–H and O–H groups in total. The summed E-state index contributed by atoms with van der Waals surface area (Å²) in [6.45, 7) is 0.675. The van der Waals surface area contributed by atoms with Crippen LogP contribution in [0.3, 0.4) is 0 Å². The summed E-state index contributed by atoms with van der Waals surface area (Å²) >= 11 is 5.94. The largest absolute Gasteiger partial charge is 0.493 e. The Morgan fingerprint density at radius 1 is 1.20 bits per heavy atom. The Kier molecular flexibility index (Phi) is 3.64. The Bertz CT molecular complexity index is 644. The molecule has 1 atom stereocenters. The summed E-state index contributed by atoms with van der Waals surface area (Å²) in [5.74, 6) is 0.445. The number of ether oxygens (including phenoxy) is 1. The van der Waals surface area contributed by atoms with E-state index in [1.165, 1.54) is 12.1 Å². The number of hydrogen-bond donors (Lipinski definition) is 1. The van der Waals surface area contributed by atoms with E-state index >= 15 is 0 Å². The van der Waals surface area contributed by atoms with Gasteiger partial charge < -0.3 is 10.5 Å². The van der Waals surface area contributed by atoms with Gasteiger partial charge in [-0.2, -0.15) is 0 Å². The van der Waals surface area contributed by atoms with Gasteiger partial charge >= 0.3 is 0 Å². The molecule has 4 heteroatoms. The molecule has 0 fully saturated rings. The maximum Gasteiger partial charge on any atom is 0.128 e. The molecule has 1 heterocycles. The number of benzene rings is 2. The molecule has 0 amide bonds. The highest BCUT2D eigenvalue weighted by Crippen LogP contribution is 2.35. The molecule has 3 rings (SSSR count). The molecule has 2 aromatic carbocycles. The smallest absolute Gasteiger partial charge is 0.128 e. The van der Waals surface area contributed by atoms with Crippen molar-refractivity contribution in [3.63, 3.8) is 0 Å². The highest BCUT2D eigenvalue weighted by atomic mass is 35.5. The van der Waals surface area contributed by atoms with E-state index in [-0.39, 0.29) is 5.82 Å². The number of para-hydroxylation sites is 1. The van der Waals surface area contributed by atoms with Crippen molar-refractivity contribution in [2.24, 2.45) is 5.73 Å². The van der Waals surface area contributed by atoms with Gasteiger partial charge in [-0.1, -0.05) is 29.8 Å². The third-order valence-electron chi connectivity index (χ3n) is 3.59. The fourth-order valence-corrected chi connectivity index (χ4v) is 2.76. The van der Waals surface area contributed by atoms with E-state index in [2.05, 4.69) is 0 Å². The lowest BCUT2D eigenvalue weighted by molar-refractivity contribution is 0.284. The third-order valence-corrected chi connectivity index (χ3v) is 3.83. The Hall–Kier alpha value is -1.58. The highest BCUT2D eigenvalue weighted by molar-refractivity contribution is 6.30. The summed E-state index contributed by atoms with van der Waals surface area (Å²) in [6, 6.07) is 9.70. The molecule has 0 saturated carbocycles. The van der Waals surface area contributed by atoms with Crippen LogP contribution in [0.25, 0.3) is 0 Å². The summed E-state index contributed by atoms with van der Waals surface area (Å²) in [7, 11) is 0. The summed E-state index contributed by atoms with van der Waals surface area (Å²) in [5.41, 5.74) is 8.56. The van der Waals surface area contributed by atoms with Gasteiger partial charge in [0.1, 0.15) is 11.6 Å². The summed E-state index contributed by atoms with van der Waals surface area (Å²) in [5, 5.41) is 0.475. The Labute approximate surface area is 122 Å². The van der Waals surface area contributed by atoms with Gasteiger partial charge in [0.2, 0.25) is 0 Å². The summed E-state index contributed by atoms with van der Waals surface area (Å²) in [6.07, 6.45) is 1.96. The highest BCUT2D eigenvalue weighted by Gasteiger charge is 2.21. The zero-order valence-electron chi connectivity index (χ0n) is 10.9. The maximum atomic E-state index is 14.0. The molecule has 0 spiro atoms. The fraction of sp³-hybridized carbons (Fsp3) is 0.250. The molecule has 0 aliphatic carbocycles. The molecule has 2 nitrogen and oxygen atoms in total. The molecule has 0 radical (unpaired) electrons. The average molecular weight is 292 g/mol. The quantitative estimate of drug-likeness (QED) is 0.912. The zero-order chi connectivity index (χ0) is 14.1. The van der Waals surface area contributed by atoms with Crippen LogP contribution in [0.5, 0.6) is 5.75 Å². The summed E-state index contributed by atoms with van der Waals surface area (Å²) < 4.78 is 19.7. The van der Waals surface area contributed by atoms with E-state index in [9.17, 15) is 4.39 Å². The average Bonchev–Trinajstić information content (AvgIpc) is 2.48.